The highest BCUT2D eigenvalue weighted by Gasteiger charge is 2.09. The molecule has 0 bridgehead atoms. The van der Waals surface area contributed by atoms with Gasteiger partial charge in [0, 0.05) is 5.56 Å². The van der Waals surface area contributed by atoms with Crippen molar-refractivity contribution in [3.8, 4) is 11.5 Å². The summed E-state index contributed by atoms with van der Waals surface area (Å²) in [4.78, 5) is 0. The molecule has 2 rings (SSSR count). The summed E-state index contributed by atoms with van der Waals surface area (Å²) >= 11 is 0. The lowest BCUT2D eigenvalue weighted by atomic mass is 10.1. The van der Waals surface area contributed by atoms with Crippen molar-refractivity contribution in [3.63, 3.8) is 0 Å². The maximum absolute atomic E-state index is 10.9. The van der Waals surface area contributed by atoms with Crippen LogP contribution in [0.3, 0.4) is 0 Å². The first kappa shape index (κ1) is 12.7. The first-order valence-corrected chi connectivity index (χ1v) is 7.17. The number of aromatic nitrogens is 2. The molecular formula is C11H13N3O3S. The molecule has 0 aliphatic carbocycles. The van der Waals surface area contributed by atoms with E-state index in [1.807, 2.05) is 31.2 Å². The van der Waals surface area contributed by atoms with Gasteiger partial charge < -0.3 is 4.42 Å². The Morgan fingerprint density at radius 3 is 2.50 bits per heavy atom. The molecule has 1 N–H and O–H groups in total. The number of hydrogen-bond donors (Lipinski definition) is 1. The summed E-state index contributed by atoms with van der Waals surface area (Å²) in [7, 11) is -3.26. The van der Waals surface area contributed by atoms with E-state index in [9.17, 15) is 8.42 Å². The zero-order valence-corrected chi connectivity index (χ0v) is 10.9. The number of nitrogens with one attached hydrogen (secondary N) is 1. The molecule has 2 aromatic rings. The first-order chi connectivity index (χ1) is 8.44. The molecule has 96 valence electrons. The van der Waals surface area contributed by atoms with Gasteiger partial charge in [0.2, 0.25) is 21.8 Å². The lowest BCUT2D eigenvalue weighted by molar-refractivity contribution is 0.495. The van der Waals surface area contributed by atoms with E-state index in [1.165, 1.54) is 0 Å². The molecule has 0 saturated carbocycles. The van der Waals surface area contributed by atoms with Crippen LogP contribution in [0.25, 0.3) is 11.5 Å². The standard InChI is InChI=1S/C11H13N3O3S/c1-8-3-5-9(6-4-8)11-14-13-10(17-11)7-12-18(2,15)16/h3-6,12H,7H2,1-2H3. The third kappa shape index (κ3) is 3.38. The van der Waals surface area contributed by atoms with E-state index in [-0.39, 0.29) is 12.4 Å². The molecule has 0 fully saturated rings. The summed E-state index contributed by atoms with van der Waals surface area (Å²) in [5.41, 5.74) is 1.94. The molecule has 0 radical (unpaired) electrons. The maximum Gasteiger partial charge on any atom is 0.247 e. The highest BCUT2D eigenvalue weighted by molar-refractivity contribution is 7.88. The lowest BCUT2D eigenvalue weighted by Gasteiger charge is -1.97. The summed E-state index contributed by atoms with van der Waals surface area (Å²) in [5, 5.41) is 7.64. The Morgan fingerprint density at radius 2 is 1.89 bits per heavy atom. The number of nitrogens with zero attached hydrogens (tertiary/aromatic N) is 2. The van der Waals surface area contributed by atoms with Gasteiger partial charge in [0.15, 0.2) is 0 Å². The highest BCUT2D eigenvalue weighted by Crippen LogP contribution is 2.18. The van der Waals surface area contributed by atoms with Crippen LogP contribution < -0.4 is 4.72 Å². The van der Waals surface area contributed by atoms with Crippen molar-refractivity contribution < 1.29 is 12.8 Å². The minimum atomic E-state index is -3.26. The van der Waals surface area contributed by atoms with E-state index in [0.29, 0.717) is 5.89 Å². The van der Waals surface area contributed by atoms with Gasteiger partial charge in [-0.25, -0.2) is 13.1 Å². The van der Waals surface area contributed by atoms with Crippen LogP contribution >= 0.6 is 0 Å². The summed E-state index contributed by atoms with van der Waals surface area (Å²) < 4.78 is 29.5. The summed E-state index contributed by atoms with van der Waals surface area (Å²) in [6, 6.07) is 7.62. The Balaban J connectivity index is 2.13. The molecule has 0 aliphatic heterocycles. The van der Waals surface area contributed by atoms with Crippen molar-refractivity contribution in [1.29, 1.82) is 0 Å². The molecule has 0 aliphatic rings. The van der Waals surface area contributed by atoms with E-state index in [2.05, 4.69) is 14.9 Å². The third-order valence-corrected chi connectivity index (χ3v) is 2.92. The second-order valence-electron chi connectivity index (χ2n) is 3.96. The van der Waals surface area contributed by atoms with Crippen LogP contribution in [0.5, 0.6) is 0 Å². The van der Waals surface area contributed by atoms with Crippen LogP contribution in [-0.2, 0) is 16.6 Å². The van der Waals surface area contributed by atoms with Gasteiger partial charge in [-0.15, -0.1) is 10.2 Å². The smallest absolute Gasteiger partial charge is 0.247 e. The molecule has 0 amide bonds. The predicted octanol–water partition coefficient (Wildman–Crippen LogP) is 1.09. The Labute approximate surface area is 105 Å². The van der Waals surface area contributed by atoms with Crippen LogP contribution in [0, 0.1) is 6.92 Å². The normalized spacial score (nSPS) is 11.7. The number of hydrogen-bond acceptors (Lipinski definition) is 5. The fourth-order valence-electron chi connectivity index (χ4n) is 1.33. The molecule has 18 heavy (non-hydrogen) atoms. The third-order valence-electron chi connectivity index (χ3n) is 2.25. The lowest BCUT2D eigenvalue weighted by Crippen LogP contribution is -2.21. The average Bonchev–Trinajstić information content (AvgIpc) is 2.75. The second kappa shape index (κ2) is 4.87. The molecule has 1 aromatic carbocycles. The van der Waals surface area contributed by atoms with E-state index >= 15 is 0 Å². The van der Waals surface area contributed by atoms with Crippen molar-refractivity contribution in [2.45, 2.75) is 13.5 Å². The zero-order chi connectivity index (χ0) is 13.2. The number of benzene rings is 1. The summed E-state index contributed by atoms with van der Waals surface area (Å²) in [6.45, 7) is 1.98. The fourth-order valence-corrected chi connectivity index (χ4v) is 1.72. The van der Waals surface area contributed by atoms with Gasteiger partial charge in [0.05, 0.1) is 12.8 Å². The van der Waals surface area contributed by atoms with Gasteiger partial charge in [-0.1, -0.05) is 17.7 Å². The van der Waals surface area contributed by atoms with E-state index < -0.39 is 10.0 Å². The predicted molar refractivity (Wildman–Crippen MR) is 66.2 cm³/mol. The fraction of sp³-hybridized carbons (Fsp3) is 0.273. The van der Waals surface area contributed by atoms with E-state index in [0.717, 1.165) is 17.4 Å². The molecule has 1 aromatic heterocycles. The largest absolute Gasteiger partial charge is 0.419 e. The second-order valence-corrected chi connectivity index (χ2v) is 5.79. The van der Waals surface area contributed by atoms with Crippen LogP contribution in [0.15, 0.2) is 28.7 Å². The Bertz CT molecular complexity index is 632. The average molecular weight is 267 g/mol. The number of aryl methyl sites for hydroxylation is 1. The van der Waals surface area contributed by atoms with Crippen molar-refractivity contribution in [1.82, 2.24) is 14.9 Å². The molecule has 1 heterocycles. The number of sulfonamides is 1. The Kier molecular flexibility index (Phi) is 3.44. The van der Waals surface area contributed by atoms with Gasteiger partial charge in [-0.05, 0) is 19.1 Å². The molecule has 7 heteroatoms. The van der Waals surface area contributed by atoms with Crippen LogP contribution in [0.4, 0.5) is 0 Å². The van der Waals surface area contributed by atoms with Gasteiger partial charge in [0.25, 0.3) is 0 Å². The van der Waals surface area contributed by atoms with Gasteiger partial charge in [-0.3, -0.25) is 0 Å². The monoisotopic (exact) mass is 267 g/mol. The van der Waals surface area contributed by atoms with E-state index in [4.69, 9.17) is 4.42 Å². The van der Waals surface area contributed by atoms with E-state index in [1.54, 1.807) is 0 Å². The summed E-state index contributed by atoms with van der Waals surface area (Å²) in [6.07, 6.45) is 1.07. The minimum Gasteiger partial charge on any atom is -0.419 e. The van der Waals surface area contributed by atoms with Crippen LogP contribution in [0.1, 0.15) is 11.5 Å². The Morgan fingerprint density at radius 1 is 1.22 bits per heavy atom. The topological polar surface area (TPSA) is 85.1 Å². The van der Waals surface area contributed by atoms with Crippen molar-refractivity contribution in [2.24, 2.45) is 0 Å². The van der Waals surface area contributed by atoms with Crippen molar-refractivity contribution in [2.75, 3.05) is 6.26 Å². The molecule has 6 nitrogen and oxygen atoms in total. The number of rotatable bonds is 4. The minimum absolute atomic E-state index is 0.00229. The van der Waals surface area contributed by atoms with Crippen molar-refractivity contribution in [3.05, 3.63) is 35.7 Å². The zero-order valence-electron chi connectivity index (χ0n) is 10.0. The molecule has 0 unspecified atom stereocenters. The highest BCUT2D eigenvalue weighted by atomic mass is 32.2. The first-order valence-electron chi connectivity index (χ1n) is 5.28. The molecule has 0 saturated heterocycles. The summed E-state index contributed by atoms with van der Waals surface area (Å²) in [5.74, 6) is 0.608. The molecular weight excluding hydrogens is 254 g/mol. The van der Waals surface area contributed by atoms with Gasteiger partial charge in [0.1, 0.15) is 0 Å². The molecule has 0 atom stereocenters. The van der Waals surface area contributed by atoms with Crippen molar-refractivity contribution >= 4 is 10.0 Å². The quantitative estimate of drug-likeness (QED) is 0.896. The Hall–Kier alpha value is -1.73. The SMILES string of the molecule is Cc1ccc(-c2nnc(CNS(C)(=O)=O)o2)cc1. The molecule has 0 spiro atoms. The van der Waals surface area contributed by atoms with Crippen LogP contribution in [-0.4, -0.2) is 24.9 Å². The van der Waals surface area contributed by atoms with Gasteiger partial charge >= 0.3 is 0 Å². The van der Waals surface area contributed by atoms with Gasteiger partial charge in [-0.2, -0.15) is 0 Å². The van der Waals surface area contributed by atoms with Crippen LogP contribution in [0.2, 0.25) is 0 Å². The maximum atomic E-state index is 10.9.